The molecule has 1 fully saturated rings. The standard InChI is InChI=1S/C24H25FN4O2S/c1-16-7-8-18(15-28-9-11-32-12-10-28)14-20(16)26-24(31)23-22(30)13-17(2)29(27-23)21-6-4-3-5-19(21)25/h3-8,13-14H,9-12,15H2,1-2H3,(H,26,31). The van der Waals surface area contributed by atoms with Crippen molar-refractivity contribution in [2.24, 2.45) is 0 Å². The number of rotatable bonds is 5. The second kappa shape index (κ2) is 9.67. The van der Waals surface area contributed by atoms with E-state index >= 15 is 0 Å². The molecule has 2 aromatic carbocycles. The molecule has 1 aliphatic heterocycles. The summed E-state index contributed by atoms with van der Waals surface area (Å²) in [4.78, 5) is 27.9. The summed E-state index contributed by atoms with van der Waals surface area (Å²) in [6.07, 6.45) is 0. The van der Waals surface area contributed by atoms with E-state index in [0.29, 0.717) is 11.4 Å². The monoisotopic (exact) mass is 452 g/mol. The molecule has 1 N–H and O–H groups in total. The van der Waals surface area contributed by atoms with E-state index in [0.717, 1.165) is 42.3 Å². The first-order valence-corrected chi connectivity index (χ1v) is 11.6. The number of carbonyl (C=O) groups is 1. The van der Waals surface area contributed by atoms with Gasteiger partial charge in [-0.15, -0.1) is 0 Å². The molecule has 0 radical (unpaired) electrons. The lowest BCUT2D eigenvalue weighted by molar-refractivity contribution is 0.101. The van der Waals surface area contributed by atoms with Gasteiger partial charge in [-0.1, -0.05) is 24.3 Å². The van der Waals surface area contributed by atoms with Crippen molar-refractivity contribution in [2.45, 2.75) is 20.4 Å². The van der Waals surface area contributed by atoms with Gasteiger partial charge in [0.1, 0.15) is 11.5 Å². The summed E-state index contributed by atoms with van der Waals surface area (Å²) in [5, 5.41) is 7.01. The molecular weight excluding hydrogens is 427 g/mol. The number of anilines is 1. The molecule has 1 aromatic heterocycles. The zero-order valence-corrected chi connectivity index (χ0v) is 18.9. The van der Waals surface area contributed by atoms with Crippen LogP contribution in [-0.4, -0.2) is 45.2 Å². The lowest BCUT2D eigenvalue weighted by atomic mass is 10.1. The molecule has 8 heteroatoms. The number of hydrogen-bond donors (Lipinski definition) is 1. The number of thioether (sulfide) groups is 1. The number of nitrogens with one attached hydrogen (secondary N) is 1. The van der Waals surface area contributed by atoms with Gasteiger partial charge in [0.25, 0.3) is 5.91 Å². The van der Waals surface area contributed by atoms with Gasteiger partial charge in [-0.2, -0.15) is 16.9 Å². The summed E-state index contributed by atoms with van der Waals surface area (Å²) in [5.41, 5.74) is 2.45. The van der Waals surface area contributed by atoms with Gasteiger partial charge < -0.3 is 5.32 Å². The highest BCUT2D eigenvalue weighted by molar-refractivity contribution is 7.99. The van der Waals surface area contributed by atoms with Gasteiger partial charge in [0.2, 0.25) is 5.43 Å². The van der Waals surface area contributed by atoms with Crippen molar-refractivity contribution in [1.29, 1.82) is 0 Å². The lowest BCUT2D eigenvalue weighted by Crippen LogP contribution is -2.32. The predicted octanol–water partition coefficient (Wildman–Crippen LogP) is 3.79. The number of carbonyl (C=O) groups excluding carboxylic acids is 1. The largest absolute Gasteiger partial charge is 0.320 e. The smallest absolute Gasteiger partial charge is 0.280 e. The lowest BCUT2D eigenvalue weighted by Gasteiger charge is -2.26. The zero-order valence-electron chi connectivity index (χ0n) is 18.1. The van der Waals surface area contributed by atoms with Crippen molar-refractivity contribution < 1.29 is 9.18 Å². The Kier molecular flexibility index (Phi) is 6.72. The van der Waals surface area contributed by atoms with Crippen molar-refractivity contribution in [1.82, 2.24) is 14.7 Å². The van der Waals surface area contributed by atoms with Crippen molar-refractivity contribution in [3.63, 3.8) is 0 Å². The zero-order chi connectivity index (χ0) is 22.7. The molecule has 1 saturated heterocycles. The highest BCUT2D eigenvalue weighted by Crippen LogP contribution is 2.20. The molecule has 6 nitrogen and oxygen atoms in total. The molecule has 0 saturated carbocycles. The molecule has 2 heterocycles. The Morgan fingerprint density at radius 2 is 1.88 bits per heavy atom. The fourth-order valence-corrected chi connectivity index (χ4v) is 4.65. The first-order chi connectivity index (χ1) is 15.4. The number of amides is 1. The van der Waals surface area contributed by atoms with Crippen LogP contribution in [-0.2, 0) is 6.54 Å². The highest BCUT2D eigenvalue weighted by Gasteiger charge is 2.18. The number of aromatic nitrogens is 2. The van der Waals surface area contributed by atoms with Crippen molar-refractivity contribution in [2.75, 3.05) is 29.9 Å². The van der Waals surface area contributed by atoms with Crippen LogP contribution < -0.4 is 10.7 Å². The minimum atomic E-state index is -0.616. The van der Waals surface area contributed by atoms with E-state index < -0.39 is 17.2 Å². The number of para-hydroxylation sites is 1. The Balaban J connectivity index is 1.60. The van der Waals surface area contributed by atoms with Gasteiger partial charge in [-0.05, 0) is 43.2 Å². The third kappa shape index (κ3) is 4.92. The van der Waals surface area contributed by atoms with Crippen LogP contribution in [0.3, 0.4) is 0 Å². The van der Waals surface area contributed by atoms with Crippen molar-refractivity contribution in [3.8, 4) is 5.69 Å². The van der Waals surface area contributed by atoms with Crippen LogP contribution >= 0.6 is 11.8 Å². The molecule has 4 rings (SSSR count). The van der Waals surface area contributed by atoms with E-state index in [1.165, 1.54) is 16.8 Å². The van der Waals surface area contributed by atoms with E-state index in [9.17, 15) is 14.0 Å². The van der Waals surface area contributed by atoms with Crippen LogP contribution in [0, 0.1) is 19.7 Å². The molecule has 3 aromatic rings. The first-order valence-electron chi connectivity index (χ1n) is 10.5. The Morgan fingerprint density at radius 1 is 1.12 bits per heavy atom. The Bertz CT molecular complexity index is 1200. The maximum atomic E-state index is 14.3. The van der Waals surface area contributed by atoms with Gasteiger partial charge in [-0.3, -0.25) is 14.5 Å². The van der Waals surface area contributed by atoms with E-state index in [1.54, 1.807) is 25.1 Å². The van der Waals surface area contributed by atoms with E-state index in [-0.39, 0.29) is 11.4 Å². The molecule has 0 spiro atoms. The fourth-order valence-electron chi connectivity index (χ4n) is 3.67. The van der Waals surface area contributed by atoms with Gasteiger partial charge in [-0.25, -0.2) is 9.07 Å². The molecule has 32 heavy (non-hydrogen) atoms. The van der Waals surface area contributed by atoms with E-state index in [4.69, 9.17) is 0 Å². The fraction of sp³-hybridized carbons (Fsp3) is 0.292. The Morgan fingerprint density at radius 3 is 2.62 bits per heavy atom. The maximum Gasteiger partial charge on any atom is 0.280 e. The third-order valence-corrected chi connectivity index (χ3v) is 6.41. The third-order valence-electron chi connectivity index (χ3n) is 5.46. The van der Waals surface area contributed by atoms with Gasteiger partial charge >= 0.3 is 0 Å². The summed E-state index contributed by atoms with van der Waals surface area (Å²) >= 11 is 1.96. The summed E-state index contributed by atoms with van der Waals surface area (Å²) in [6.45, 7) is 6.45. The van der Waals surface area contributed by atoms with Crippen LogP contribution in [0.25, 0.3) is 5.69 Å². The number of hydrogen-bond acceptors (Lipinski definition) is 5. The summed E-state index contributed by atoms with van der Waals surface area (Å²) in [6, 6.07) is 13.4. The summed E-state index contributed by atoms with van der Waals surface area (Å²) < 4.78 is 15.6. The number of aryl methyl sites for hydroxylation is 2. The second-order valence-electron chi connectivity index (χ2n) is 7.85. The average Bonchev–Trinajstić information content (AvgIpc) is 2.77. The topological polar surface area (TPSA) is 67.2 Å². The predicted molar refractivity (Wildman–Crippen MR) is 126 cm³/mol. The molecule has 166 valence electrons. The molecule has 0 unspecified atom stereocenters. The summed E-state index contributed by atoms with van der Waals surface area (Å²) in [5.74, 6) is 1.15. The van der Waals surface area contributed by atoms with Crippen LogP contribution in [0.2, 0.25) is 0 Å². The van der Waals surface area contributed by atoms with Gasteiger partial charge in [0, 0.05) is 48.6 Å². The van der Waals surface area contributed by atoms with Crippen molar-refractivity contribution in [3.05, 3.63) is 87.1 Å². The minimum absolute atomic E-state index is 0.178. The van der Waals surface area contributed by atoms with Crippen molar-refractivity contribution >= 4 is 23.4 Å². The Labute approximate surface area is 190 Å². The molecule has 1 aliphatic rings. The van der Waals surface area contributed by atoms with Crippen LogP contribution in [0.15, 0.2) is 53.3 Å². The average molecular weight is 453 g/mol. The number of halogens is 1. The number of nitrogens with zero attached hydrogens (tertiary/aromatic N) is 3. The first kappa shape index (κ1) is 22.2. The SMILES string of the molecule is Cc1ccc(CN2CCSCC2)cc1NC(=O)c1nn(-c2ccccc2F)c(C)cc1=O. The Hall–Kier alpha value is -2.97. The van der Waals surface area contributed by atoms with E-state index in [1.807, 2.05) is 30.8 Å². The summed E-state index contributed by atoms with van der Waals surface area (Å²) in [7, 11) is 0. The van der Waals surface area contributed by atoms with Crippen LogP contribution in [0.4, 0.5) is 10.1 Å². The van der Waals surface area contributed by atoms with Crippen LogP contribution in [0.5, 0.6) is 0 Å². The molecule has 1 amide bonds. The normalized spacial score (nSPS) is 14.3. The van der Waals surface area contributed by atoms with E-state index in [2.05, 4.69) is 21.4 Å². The molecule has 0 aliphatic carbocycles. The maximum absolute atomic E-state index is 14.3. The molecule has 0 bridgehead atoms. The molecular formula is C24H25FN4O2S. The second-order valence-corrected chi connectivity index (χ2v) is 9.08. The number of benzene rings is 2. The quantitative estimate of drug-likeness (QED) is 0.638. The minimum Gasteiger partial charge on any atom is -0.320 e. The highest BCUT2D eigenvalue weighted by atomic mass is 32.2. The van der Waals surface area contributed by atoms with Crippen LogP contribution in [0.1, 0.15) is 27.3 Å². The molecule has 0 atom stereocenters. The van der Waals surface area contributed by atoms with Gasteiger partial charge in [0.05, 0.1) is 0 Å². The van der Waals surface area contributed by atoms with Gasteiger partial charge in [0.15, 0.2) is 5.69 Å².